The zero-order valence-corrected chi connectivity index (χ0v) is 18.4. The van der Waals surface area contributed by atoms with Gasteiger partial charge in [0.25, 0.3) is 0 Å². The molecule has 0 spiro atoms. The minimum absolute atomic E-state index is 0.0518. The largest absolute Gasteiger partial charge is 0.466 e. The number of piperidine rings is 2. The van der Waals surface area contributed by atoms with Gasteiger partial charge in [-0.3, -0.25) is 9.59 Å². The van der Waals surface area contributed by atoms with Crippen molar-refractivity contribution in [2.75, 3.05) is 68.9 Å². The van der Waals surface area contributed by atoms with Crippen LogP contribution in [-0.4, -0.2) is 86.1 Å². The predicted octanol–water partition coefficient (Wildman–Crippen LogP) is 1.33. The Hall–Kier alpha value is -2.42. The number of aromatic nitrogens is 2. The number of esters is 1. The topological polar surface area (TPSA) is 88.1 Å². The summed E-state index contributed by atoms with van der Waals surface area (Å²) < 4.78 is 10.5. The van der Waals surface area contributed by atoms with Crippen molar-refractivity contribution in [1.29, 1.82) is 0 Å². The lowest BCUT2D eigenvalue weighted by atomic mass is 9.92. The lowest BCUT2D eigenvalue weighted by Gasteiger charge is -2.37. The van der Waals surface area contributed by atoms with Gasteiger partial charge in [0, 0.05) is 45.2 Å². The Morgan fingerprint density at radius 1 is 0.903 bits per heavy atom. The van der Waals surface area contributed by atoms with Gasteiger partial charge in [0.15, 0.2) is 11.6 Å². The average Bonchev–Trinajstić information content (AvgIpc) is 2.85. The highest BCUT2D eigenvalue weighted by molar-refractivity contribution is 5.80. The van der Waals surface area contributed by atoms with Crippen LogP contribution in [-0.2, 0) is 19.1 Å². The molecule has 4 heterocycles. The summed E-state index contributed by atoms with van der Waals surface area (Å²) >= 11 is 0. The van der Waals surface area contributed by atoms with Crippen LogP contribution in [0.1, 0.15) is 32.6 Å². The number of ether oxygens (including phenoxy) is 2. The number of carbonyl (C=O) groups is 2. The van der Waals surface area contributed by atoms with E-state index in [1.807, 2.05) is 24.0 Å². The molecule has 0 atom stereocenters. The normalized spacial score (nSPS) is 21.3. The van der Waals surface area contributed by atoms with Gasteiger partial charge in [-0.2, -0.15) is 0 Å². The molecule has 31 heavy (non-hydrogen) atoms. The van der Waals surface area contributed by atoms with Crippen LogP contribution in [0.3, 0.4) is 0 Å². The number of anilines is 2. The van der Waals surface area contributed by atoms with Gasteiger partial charge in [0.05, 0.1) is 25.7 Å². The van der Waals surface area contributed by atoms with Gasteiger partial charge in [-0.25, -0.2) is 0 Å². The third kappa shape index (κ3) is 5.26. The number of morpholine rings is 1. The molecule has 0 bridgehead atoms. The van der Waals surface area contributed by atoms with Gasteiger partial charge in [-0.1, -0.05) is 0 Å². The SMILES string of the molecule is CCOC(=O)C1CCN(C(=O)C2CCN(c3ccc(N4CCOCC4)nn3)CC2)CC1. The summed E-state index contributed by atoms with van der Waals surface area (Å²) in [6, 6.07) is 4.05. The number of likely N-dealkylation sites (tertiary alicyclic amines) is 1. The van der Waals surface area contributed by atoms with E-state index < -0.39 is 0 Å². The Bertz CT molecular complexity index is 737. The fourth-order valence-corrected chi connectivity index (χ4v) is 4.66. The molecule has 0 unspecified atom stereocenters. The molecule has 0 N–H and O–H groups in total. The Labute approximate surface area is 183 Å². The zero-order valence-electron chi connectivity index (χ0n) is 18.4. The summed E-state index contributed by atoms with van der Waals surface area (Å²) in [5, 5.41) is 8.84. The maximum absolute atomic E-state index is 13.0. The molecule has 9 nitrogen and oxygen atoms in total. The van der Waals surface area contributed by atoms with Gasteiger partial charge in [0.2, 0.25) is 5.91 Å². The molecular weight excluding hydrogens is 398 g/mol. The second-order valence-electron chi connectivity index (χ2n) is 8.46. The minimum atomic E-state index is -0.122. The van der Waals surface area contributed by atoms with E-state index in [9.17, 15) is 9.59 Å². The highest BCUT2D eigenvalue weighted by atomic mass is 16.5. The van der Waals surface area contributed by atoms with Crippen molar-refractivity contribution in [1.82, 2.24) is 15.1 Å². The van der Waals surface area contributed by atoms with E-state index >= 15 is 0 Å². The van der Waals surface area contributed by atoms with Crippen LogP contribution in [0.2, 0.25) is 0 Å². The van der Waals surface area contributed by atoms with Crippen molar-refractivity contribution < 1.29 is 19.1 Å². The zero-order chi connectivity index (χ0) is 21.6. The number of amides is 1. The van der Waals surface area contributed by atoms with Crippen LogP contribution in [0.4, 0.5) is 11.6 Å². The van der Waals surface area contributed by atoms with Crippen molar-refractivity contribution >= 4 is 23.5 Å². The molecule has 1 aromatic heterocycles. The molecule has 0 aromatic carbocycles. The lowest BCUT2D eigenvalue weighted by Crippen LogP contribution is -2.46. The molecular formula is C22H33N5O4. The summed E-state index contributed by atoms with van der Waals surface area (Å²) in [5.41, 5.74) is 0. The van der Waals surface area contributed by atoms with Crippen LogP contribution in [0.15, 0.2) is 12.1 Å². The fraction of sp³-hybridized carbons (Fsp3) is 0.727. The van der Waals surface area contributed by atoms with Crippen molar-refractivity contribution in [3.8, 4) is 0 Å². The second-order valence-corrected chi connectivity index (χ2v) is 8.46. The van der Waals surface area contributed by atoms with E-state index in [0.717, 1.165) is 63.9 Å². The molecule has 9 heteroatoms. The maximum atomic E-state index is 13.0. The van der Waals surface area contributed by atoms with E-state index in [4.69, 9.17) is 9.47 Å². The highest BCUT2D eigenvalue weighted by Crippen LogP contribution is 2.26. The van der Waals surface area contributed by atoms with Gasteiger partial charge in [0.1, 0.15) is 0 Å². The predicted molar refractivity (Wildman–Crippen MR) is 116 cm³/mol. The number of rotatable bonds is 5. The van der Waals surface area contributed by atoms with Crippen LogP contribution in [0.5, 0.6) is 0 Å². The Balaban J connectivity index is 1.24. The number of carbonyl (C=O) groups excluding carboxylic acids is 2. The summed E-state index contributed by atoms with van der Waals surface area (Å²) in [7, 11) is 0. The first-order chi connectivity index (χ1) is 15.2. The molecule has 3 aliphatic rings. The molecule has 4 rings (SSSR count). The van der Waals surface area contributed by atoms with Crippen molar-refractivity contribution in [3.05, 3.63) is 12.1 Å². The minimum Gasteiger partial charge on any atom is -0.466 e. The maximum Gasteiger partial charge on any atom is 0.309 e. The van der Waals surface area contributed by atoms with E-state index in [2.05, 4.69) is 20.0 Å². The molecule has 1 aromatic rings. The molecule has 3 saturated heterocycles. The second kappa shape index (κ2) is 10.3. The van der Waals surface area contributed by atoms with E-state index in [0.29, 0.717) is 32.5 Å². The number of nitrogens with zero attached hydrogens (tertiary/aromatic N) is 5. The number of hydrogen-bond acceptors (Lipinski definition) is 8. The van der Waals surface area contributed by atoms with Gasteiger partial charge < -0.3 is 24.2 Å². The van der Waals surface area contributed by atoms with Crippen LogP contribution in [0, 0.1) is 11.8 Å². The van der Waals surface area contributed by atoms with Crippen molar-refractivity contribution in [2.24, 2.45) is 11.8 Å². The first kappa shape index (κ1) is 21.8. The quantitative estimate of drug-likeness (QED) is 0.646. The average molecular weight is 432 g/mol. The molecule has 0 radical (unpaired) electrons. The van der Waals surface area contributed by atoms with E-state index in [-0.39, 0.29) is 23.7 Å². The van der Waals surface area contributed by atoms with Gasteiger partial charge in [-0.05, 0) is 44.7 Å². The Morgan fingerprint density at radius 3 is 2.00 bits per heavy atom. The number of hydrogen-bond donors (Lipinski definition) is 0. The summed E-state index contributed by atoms with van der Waals surface area (Å²) in [6.07, 6.45) is 3.05. The summed E-state index contributed by atoms with van der Waals surface area (Å²) in [6.45, 7) is 8.30. The molecule has 0 saturated carbocycles. The first-order valence-electron chi connectivity index (χ1n) is 11.5. The van der Waals surface area contributed by atoms with Gasteiger partial charge in [-0.15, -0.1) is 10.2 Å². The molecule has 0 aliphatic carbocycles. The smallest absolute Gasteiger partial charge is 0.309 e. The Morgan fingerprint density at radius 2 is 1.45 bits per heavy atom. The van der Waals surface area contributed by atoms with E-state index in [1.165, 1.54) is 0 Å². The third-order valence-corrected chi connectivity index (χ3v) is 6.57. The standard InChI is InChI=1S/C22H33N5O4/c1-2-31-22(29)18-7-11-27(12-8-18)21(28)17-5-9-25(10-6-17)19-3-4-20(24-23-19)26-13-15-30-16-14-26/h3-4,17-18H,2,5-16H2,1H3. The van der Waals surface area contributed by atoms with E-state index in [1.54, 1.807) is 0 Å². The molecule has 170 valence electrons. The monoisotopic (exact) mass is 431 g/mol. The van der Waals surface area contributed by atoms with Crippen LogP contribution in [0.25, 0.3) is 0 Å². The molecule has 1 amide bonds. The van der Waals surface area contributed by atoms with Gasteiger partial charge >= 0.3 is 5.97 Å². The first-order valence-corrected chi connectivity index (χ1v) is 11.5. The van der Waals surface area contributed by atoms with Crippen LogP contribution >= 0.6 is 0 Å². The van der Waals surface area contributed by atoms with Crippen molar-refractivity contribution in [3.63, 3.8) is 0 Å². The molecule has 3 aliphatic heterocycles. The Kier molecular flexibility index (Phi) is 7.21. The lowest BCUT2D eigenvalue weighted by molar-refractivity contribution is -0.151. The van der Waals surface area contributed by atoms with Crippen molar-refractivity contribution in [2.45, 2.75) is 32.6 Å². The molecule has 3 fully saturated rings. The summed E-state index contributed by atoms with van der Waals surface area (Å²) in [5.74, 6) is 1.86. The fourth-order valence-electron chi connectivity index (χ4n) is 4.66. The summed E-state index contributed by atoms with van der Waals surface area (Å²) in [4.78, 5) is 31.2. The highest BCUT2D eigenvalue weighted by Gasteiger charge is 2.33. The third-order valence-electron chi connectivity index (χ3n) is 6.57. The van der Waals surface area contributed by atoms with Crippen LogP contribution < -0.4 is 9.80 Å².